The largest absolute Gasteiger partial charge is 0.478 e. The van der Waals surface area contributed by atoms with Gasteiger partial charge in [-0.05, 0) is 43.7 Å². The second-order valence-electron chi connectivity index (χ2n) is 4.12. The monoisotopic (exact) mass is 283 g/mol. The van der Waals surface area contributed by atoms with Gasteiger partial charge >= 0.3 is 5.97 Å². The number of anilines is 1. The van der Waals surface area contributed by atoms with Crippen LogP contribution in [0.3, 0.4) is 0 Å². The summed E-state index contributed by atoms with van der Waals surface area (Å²) in [4.78, 5) is 15.8. The van der Waals surface area contributed by atoms with Gasteiger partial charge in [-0.25, -0.2) is 19.1 Å². The third kappa shape index (κ3) is 2.27. The van der Waals surface area contributed by atoms with E-state index in [2.05, 4.69) is 4.89 Å². The van der Waals surface area contributed by atoms with Gasteiger partial charge in [0.15, 0.2) is 17.2 Å². The van der Waals surface area contributed by atoms with Crippen LogP contribution in [0.2, 0.25) is 0 Å². The first-order chi connectivity index (χ1) is 8.97. The van der Waals surface area contributed by atoms with Gasteiger partial charge in [0.1, 0.15) is 0 Å². The fourth-order valence-corrected chi connectivity index (χ4v) is 3.18. The molecule has 2 N–H and O–H groups in total. The van der Waals surface area contributed by atoms with Crippen molar-refractivity contribution in [1.29, 1.82) is 0 Å². The third-order valence-electron chi connectivity index (χ3n) is 3.05. The van der Waals surface area contributed by atoms with E-state index in [1.807, 2.05) is 0 Å². The molecule has 0 aromatic heterocycles. The molecule has 1 aromatic rings. The van der Waals surface area contributed by atoms with Gasteiger partial charge in [0.25, 0.3) is 0 Å². The maximum absolute atomic E-state index is 12.2. The van der Waals surface area contributed by atoms with Crippen LogP contribution in [-0.4, -0.2) is 26.8 Å². The van der Waals surface area contributed by atoms with E-state index >= 15 is 0 Å². The molecular formula is C12H13NO5S. The Labute approximate surface area is 112 Å². The van der Waals surface area contributed by atoms with E-state index in [4.69, 9.17) is 10.4 Å². The van der Waals surface area contributed by atoms with Crippen LogP contribution in [0, 0.1) is 0 Å². The zero-order valence-electron chi connectivity index (χ0n) is 10.4. The van der Waals surface area contributed by atoms with Crippen molar-refractivity contribution >= 4 is 22.6 Å². The molecule has 0 spiro atoms. The van der Waals surface area contributed by atoms with Crippen LogP contribution in [0.5, 0.6) is 0 Å². The average molecular weight is 283 g/mol. The fraction of sp³-hybridized carbons (Fsp3) is 0.250. The molecule has 0 saturated heterocycles. The van der Waals surface area contributed by atoms with Gasteiger partial charge in [-0.1, -0.05) is 0 Å². The lowest BCUT2D eigenvalue weighted by Crippen LogP contribution is -2.33. The maximum atomic E-state index is 12.2. The summed E-state index contributed by atoms with van der Waals surface area (Å²) in [5.41, 5.74) is 1.32. The van der Waals surface area contributed by atoms with E-state index in [9.17, 15) is 9.00 Å². The summed E-state index contributed by atoms with van der Waals surface area (Å²) < 4.78 is 13.6. The molecule has 7 heteroatoms. The fourth-order valence-electron chi connectivity index (χ4n) is 1.83. The molecule has 6 nitrogen and oxygen atoms in total. The normalized spacial score (nSPS) is 23.0. The molecule has 1 aromatic carbocycles. The third-order valence-corrected chi connectivity index (χ3v) is 4.65. The van der Waals surface area contributed by atoms with Crippen molar-refractivity contribution in [1.82, 2.24) is 0 Å². The minimum atomic E-state index is -1.45. The Morgan fingerprint density at radius 1 is 1.32 bits per heavy atom. The summed E-state index contributed by atoms with van der Waals surface area (Å²) in [5, 5.41) is 17.8. The molecule has 2 atom stereocenters. The number of benzene rings is 1. The topological polar surface area (TPSA) is 87.1 Å². The number of nitrogens with zero attached hydrogens (tertiary/aromatic N) is 1. The SMILES string of the molecule is CC1=C(C)S(=O)N(c2ccc(C(=O)O)cc2)[C@H]1OO. The number of hydrogen-bond donors (Lipinski definition) is 2. The molecule has 0 fully saturated rings. The predicted molar refractivity (Wildman–Crippen MR) is 69.9 cm³/mol. The van der Waals surface area contributed by atoms with Crippen LogP contribution < -0.4 is 4.31 Å². The number of rotatable bonds is 3. The summed E-state index contributed by atoms with van der Waals surface area (Å²) in [6.07, 6.45) is -0.823. The molecule has 0 saturated carbocycles. The minimum absolute atomic E-state index is 0.136. The zero-order chi connectivity index (χ0) is 14.2. The minimum Gasteiger partial charge on any atom is -0.478 e. The summed E-state index contributed by atoms with van der Waals surface area (Å²) in [6, 6.07) is 5.87. The standard InChI is InChI=1S/C12H13NO5S/c1-7-8(2)19(17)13(11(7)18-16)10-5-3-9(4-6-10)12(14)15/h3-6,11,16H,1-2H3,(H,14,15)/t11-,19?/m0/s1. The Morgan fingerprint density at radius 3 is 2.37 bits per heavy atom. The Hall–Kier alpha value is -1.70. The highest BCUT2D eigenvalue weighted by Crippen LogP contribution is 2.33. The highest BCUT2D eigenvalue weighted by molar-refractivity contribution is 7.90. The lowest BCUT2D eigenvalue weighted by atomic mass is 10.2. The van der Waals surface area contributed by atoms with E-state index in [0.29, 0.717) is 16.2 Å². The van der Waals surface area contributed by atoms with Crippen molar-refractivity contribution < 1.29 is 24.3 Å². The van der Waals surface area contributed by atoms with Crippen molar-refractivity contribution in [3.8, 4) is 0 Å². The molecule has 102 valence electrons. The molecule has 1 aliphatic heterocycles. The Morgan fingerprint density at radius 2 is 1.89 bits per heavy atom. The van der Waals surface area contributed by atoms with Crippen molar-refractivity contribution in [2.24, 2.45) is 0 Å². The second kappa shape index (κ2) is 5.12. The molecule has 19 heavy (non-hydrogen) atoms. The van der Waals surface area contributed by atoms with Crippen molar-refractivity contribution in [3.63, 3.8) is 0 Å². The van der Waals surface area contributed by atoms with E-state index in [0.717, 1.165) is 0 Å². The van der Waals surface area contributed by atoms with E-state index < -0.39 is 23.2 Å². The van der Waals surface area contributed by atoms with Gasteiger partial charge in [-0.2, -0.15) is 0 Å². The van der Waals surface area contributed by atoms with Gasteiger partial charge in [0.2, 0.25) is 0 Å². The van der Waals surface area contributed by atoms with Crippen LogP contribution in [0.25, 0.3) is 0 Å². The number of carboxylic acids is 1. The van der Waals surface area contributed by atoms with Gasteiger partial charge in [0.05, 0.1) is 11.3 Å². The summed E-state index contributed by atoms with van der Waals surface area (Å²) >= 11 is 0. The van der Waals surface area contributed by atoms with Crippen molar-refractivity contribution in [2.45, 2.75) is 20.1 Å². The molecule has 2 rings (SSSR count). The summed E-state index contributed by atoms with van der Waals surface area (Å²) in [5.74, 6) is -1.03. The van der Waals surface area contributed by atoms with Crippen molar-refractivity contribution in [2.75, 3.05) is 4.31 Å². The van der Waals surface area contributed by atoms with Crippen LogP contribution in [0.1, 0.15) is 24.2 Å². The van der Waals surface area contributed by atoms with Gasteiger partial charge in [-0.15, -0.1) is 0 Å². The number of aromatic carboxylic acids is 1. The Bertz CT molecular complexity index is 566. The number of allylic oxidation sites excluding steroid dienone is 1. The molecule has 0 radical (unpaired) electrons. The summed E-state index contributed by atoms with van der Waals surface area (Å²) in [7, 11) is -1.45. The highest BCUT2D eigenvalue weighted by Gasteiger charge is 2.36. The molecule has 1 heterocycles. The Kier molecular flexibility index (Phi) is 3.70. The van der Waals surface area contributed by atoms with Crippen LogP contribution in [0.15, 0.2) is 34.7 Å². The molecular weight excluding hydrogens is 270 g/mol. The number of hydrogen-bond acceptors (Lipinski definition) is 4. The lowest BCUT2D eigenvalue weighted by molar-refractivity contribution is -0.264. The number of carboxylic acid groups (broad SMARTS) is 1. The first-order valence-electron chi connectivity index (χ1n) is 5.49. The average Bonchev–Trinajstić information content (AvgIpc) is 2.62. The molecule has 1 aliphatic rings. The number of carbonyl (C=O) groups is 1. The Balaban J connectivity index is 2.37. The molecule has 1 unspecified atom stereocenters. The van der Waals surface area contributed by atoms with Crippen LogP contribution in [0.4, 0.5) is 5.69 Å². The highest BCUT2D eigenvalue weighted by atomic mass is 32.2. The zero-order valence-corrected chi connectivity index (χ0v) is 11.2. The van der Waals surface area contributed by atoms with Crippen molar-refractivity contribution in [3.05, 3.63) is 40.3 Å². The van der Waals surface area contributed by atoms with Crippen LogP contribution >= 0.6 is 0 Å². The van der Waals surface area contributed by atoms with E-state index in [1.54, 1.807) is 13.8 Å². The molecule has 0 aliphatic carbocycles. The molecule has 0 amide bonds. The summed E-state index contributed by atoms with van der Waals surface area (Å²) in [6.45, 7) is 3.42. The maximum Gasteiger partial charge on any atom is 0.335 e. The van der Waals surface area contributed by atoms with E-state index in [-0.39, 0.29) is 5.56 Å². The van der Waals surface area contributed by atoms with Gasteiger partial charge in [-0.3, -0.25) is 4.31 Å². The molecule has 0 bridgehead atoms. The smallest absolute Gasteiger partial charge is 0.335 e. The first-order valence-corrected chi connectivity index (χ1v) is 6.60. The van der Waals surface area contributed by atoms with Gasteiger partial charge in [0, 0.05) is 4.91 Å². The van der Waals surface area contributed by atoms with Gasteiger partial charge < -0.3 is 5.11 Å². The van der Waals surface area contributed by atoms with Crippen LogP contribution in [-0.2, 0) is 15.9 Å². The first kappa shape index (κ1) is 13.7. The van der Waals surface area contributed by atoms with E-state index in [1.165, 1.54) is 28.6 Å². The quantitative estimate of drug-likeness (QED) is 0.654. The predicted octanol–water partition coefficient (Wildman–Crippen LogP) is 1.98. The second-order valence-corrected chi connectivity index (χ2v) is 5.63. The lowest BCUT2D eigenvalue weighted by Gasteiger charge is -2.23.